The molecule has 0 saturated carbocycles. The van der Waals surface area contributed by atoms with E-state index in [0.717, 1.165) is 33.1 Å². The summed E-state index contributed by atoms with van der Waals surface area (Å²) in [7, 11) is 0. The van der Waals surface area contributed by atoms with Crippen LogP contribution >= 0.6 is 0 Å². The molecule has 7 aromatic carbocycles. The third-order valence-corrected chi connectivity index (χ3v) is 8.72. The highest BCUT2D eigenvalue weighted by molar-refractivity contribution is 6.24. The highest BCUT2D eigenvalue weighted by Gasteiger charge is 2.19. The average Bonchev–Trinajstić information content (AvgIpc) is 3.45. The quantitative estimate of drug-likeness (QED) is 0.150. The van der Waals surface area contributed by atoms with E-state index in [1.165, 1.54) is 54.6 Å². The van der Waals surface area contributed by atoms with Crippen molar-refractivity contribution in [2.24, 2.45) is 0 Å². The third kappa shape index (κ3) is 4.09. The summed E-state index contributed by atoms with van der Waals surface area (Å²) in [6.07, 6.45) is 8.06. The van der Waals surface area contributed by atoms with Crippen molar-refractivity contribution in [1.29, 1.82) is 0 Å². The second-order valence-electron chi connectivity index (χ2n) is 11.3. The Bertz CT molecular complexity index is 2400. The Morgan fingerprint density at radius 1 is 0.568 bits per heavy atom. The number of para-hydroxylation sites is 1. The van der Waals surface area contributed by atoms with Crippen LogP contribution in [0, 0.1) is 0 Å². The van der Waals surface area contributed by atoms with Gasteiger partial charge in [0.2, 0.25) is 0 Å². The van der Waals surface area contributed by atoms with E-state index in [-0.39, 0.29) is 0 Å². The standard InChI is InChI=1S/C43H30O/c1-3-4-5-14-28(2)31-22-13-24-38-39-27-30(25-26-40(39)44-43(31)38)41-34-18-8-10-20-36(34)42(37-21-11-9-19-35(37)41)33-23-12-16-29-15-6-7-17-32(29)33/h3-27H,2H2,1H3/b4-3-,14-5-. The lowest BCUT2D eigenvalue weighted by Gasteiger charge is -2.18. The molecule has 0 aliphatic rings. The molecule has 0 unspecified atom stereocenters. The van der Waals surface area contributed by atoms with E-state index in [2.05, 4.69) is 134 Å². The fraction of sp³-hybridized carbons (Fsp3) is 0.0233. The maximum atomic E-state index is 6.48. The minimum atomic E-state index is 0.871. The number of allylic oxidation sites excluding steroid dienone is 5. The van der Waals surface area contributed by atoms with Gasteiger partial charge in [0.1, 0.15) is 11.2 Å². The van der Waals surface area contributed by atoms with Crippen molar-refractivity contribution >= 4 is 59.8 Å². The van der Waals surface area contributed by atoms with Crippen LogP contribution in [-0.2, 0) is 0 Å². The molecule has 0 aliphatic heterocycles. The Morgan fingerprint density at radius 3 is 1.91 bits per heavy atom. The highest BCUT2D eigenvalue weighted by Crippen LogP contribution is 2.46. The molecular formula is C43H30O. The lowest BCUT2D eigenvalue weighted by Crippen LogP contribution is -1.91. The van der Waals surface area contributed by atoms with E-state index in [9.17, 15) is 0 Å². The van der Waals surface area contributed by atoms with E-state index in [1.54, 1.807) is 0 Å². The van der Waals surface area contributed by atoms with Crippen LogP contribution in [0.5, 0.6) is 0 Å². The molecule has 0 aliphatic carbocycles. The van der Waals surface area contributed by atoms with Crippen LogP contribution in [0.15, 0.2) is 163 Å². The predicted octanol–water partition coefficient (Wildman–Crippen LogP) is 12.5. The first-order chi connectivity index (χ1) is 21.7. The van der Waals surface area contributed by atoms with Gasteiger partial charge in [0.15, 0.2) is 0 Å². The SMILES string of the molecule is C=C(/C=C\C=C/C)c1cccc2c1oc1ccc(-c3c4ccccc4c(-c4cccc5ccccc45)c4ccccc34)cc12. The van der Waals surface area contributed by atoms with Gasteiger partial charge in [-0.2, -0.15) is 0 Å². The second kappa shape index (κ2) is 10.6. The van der Waals surface area contributed by atoms with Gasteiger partial charge in [-0.05, 0) is 79.2 Å². The predicted molar refractivity (Wildman–Crippen MR) is 190 cm³/mol. The van der Waals surface area contributed by atoms with Gasteiger partial charge in [0, 0.05) is 16.3 Å². The fourth-order valence-electron chi connectivity index (χ4n) is 6.75. The monoisotopic (exact) mass is 562 g/mol. The van der Waals surface area contributed by atoms with Crippen LogP contribution in [0.1, 0.15) is 12.5 Å². The number of fused-ring (bicyclic) bond motifs is 6. The number of furan rings is 1. The third-order valence-electron chi connectivity index (χ3n) is 8.72. The van der Waals surface area contributed by atoms with Gasteiger partial charge in [0.05, 0.1) is 0 Å². The molecule has 0 bridgehead atoms. The van der Waals surface area contributed by atoms with Crippen molar-refractivity contribution in [3.63, 3.8) is 0 Å². The van der Waals surface area contributed by atoms with Gasteiger partial charge in [-0.3, -0.25) is 0 Å². The zero-order valence-corrected chi connectivity index (χ0v) is 24.5. The first kappa shape index (κ1) is 26.0. The molecule has 8 rings (SSSR count). The van der Waals surface area contributed by atoms with Crippen molar-refractivity contribution in [1.82, 2.24) is 0 Å². The van der Waals surface area contributed by atoms with Crippen molar-refractivity contribution in [3.05, 3.63) is 164 Å². The zero-order chi connectivity index (χ0) is 29.6. The molecule has 1 heterocycles. The van der Waals surface area contributed by atoms with E-state index < -0.39 is 0 Å². The minimum absolute atomic E-state index is 0.871. The van der Waals surface area contributed by atoms with Crippen LogP contribution in [0.3, 0.4) is 0 Å². The van der Waals surface area contributed by atoms with E-state index >= 15 is 0 Å². The normalized spacial score (nSPS) is 12.1. The molecule has 0 fully saturated rings. The molecule has 44 heavy (non-hydrogen) atoms. The van der Waals surface area contributed by atoms with Crippen LogP contribution in [0.4, 0.5) is 0 Å². The van der Waals surface area contributed by atoms with Crippen LogP contribution < -0.4 is 0 Å². The van der Waals surface area contributed by atoms with Crippen LogP contribution in [-0.4, -0.2) is 0 Å². The summed E-state index contributed by atoms with van der Waals surface area (Å²) < 4.78 is 6.48. The largest absolute Gasteiger partial charge is 0.455 e. The average molecular weight is 563 g/mol. The maximum Gasteiger partial charge on any atom is 0.143 e. The topological polar surface area (TPSA) is 13.1 Å². The number of hydrogen-bond acceptors (Lipinski definition) is 1. The summed E-state index contributed by atoms with van der Waals surface area (Å²) in [5.41, 5.74) is 8.64. The number of hydrogen-bond donors (Lipinski definition) is 0. The summed E-state index contributed by atoms with van der Waals surface area (Å²) in [5.74, 6) is 0. The fourth-order valence-corrected chi connectivity index (χ4v) is 6.75. The highest BCUT2D eigenvalue weighted by atomic mass is 16.3. The van der Waals surface area contributed by atoms with E-state index in [4.69, 9.17) is 4.42 Å². The number of benzene rings is 7. The molecule has 0 N–H and O–H groups in total. The molecule has 1 heteroatoms. The van der Waals surface area contributed by atoms with Crippen molar-refractivity contribution in [3.8, 4) is 22.3 Å². The summed E-state index contributed by atoms with van der Waals surface area (Å²) >= 11 is 0. The first-order valence-corrected chi connectivity index (χ1v) is 15.1. The Labute approximate surface area is 256 Å². The molecule has 208 valence electrons. The van der Waals surface area contributed by atoms with Gasteiger partial charge < -0.3 is 4.42 Å². The zero-order valence-electron chi connectivity index (χ0n) is 24.5. The van der Waals surface area contributed by atoms with Gasteiger partial charge >= 0.3 is 0 Å². The Hall–Kier alpha value is -5.66. The van der Waals surface area contributed by atoms with Gasteiger partial charge in [0.25, 0.3) is 0 Å². The van der Waals surface area contributed by atoms with Crippen molar-refractivity contribution in [2.45, 2.75) is 6.92 Å². The van der Waals surface area contributed by atoms with Gasteiger partial charge in [-0.1, -0.05) is 146 Å². The molecule has 1 nitrogen and oxygen atoms in total. The maximum absolute atomic E-state index is 6.48. The summed E-state index contributed by atoms with van der Waals surface area (Å²) in [6.45, 7) is 6.33. The Balaban J connectivity index is 1.40. The Kier molecular flexibility index (Phi) is 6.24. The molecule has 0 radical (unpaired) electrons. The second-order valence-corrected chi connectivity index (χ2v) is 11.3. The first-order valence-electron chi connectivity index (χ1n) is 15.1. The molecule has 8 aromatic rings. The van der Waals surface area contributed by atoms with Gasteiger partial charge in [-0.15, -0.1) is 0 Å². The molecule has 1 aromatic heterocycles. The Morgan fingerprint density at radius 2 is 1.18 bits per heavy atom. The smallest absolute Gasteiger partial charge is 0.143 e. The molecular weight excluding hydrogens is 532 g/mol. The molecule has 0 atom stereocenters. The van der Waals surface area contributed by atoms with Crippen LogP contribution in [0.25, 0.3) is 82.1 Å². The lowest BCUT2D eigenvalue weighted by molar-refractivity contribution is 0.668. The summed E-state index contributed by atoms with van der Waals surface area (Å²) in [6, 6.07) is 45.9. The minimum Gasteiger partial charge on any atom is -0.455 e. The van der Waals surface area contributed by atoms with E-state index in [0.29, 0.717) is 0 Å². The van der Waals surface area contributed by atoms with Crippen molar-refractivity contribution < 1.29 is 4.42 Å². The summed E-state index contributed by atoms with van der Waals surface area (Å²) in [4.78, 5) is 0. The molecule has 0 saturated heterocycles. The van der Waals surface area contributed by atoms with E-state index in [1.807, 2.05) is 31.2 Å². The molecule has 0 amide bonds. The molecule has 0 spiro atoms. The van der Waals surface area contributed by atoms with Gasteiger partial charge in [-0.25, -0.2) is 0 Å². The van der Waals surface area contributed by atoms with Crippen molar-refractivity contribution in [2.75, 3.05) is 0 Å². The lowest BCUT2D eigenvalue weighted by atomic mass is 9.84. The summed E-state index contributed by atoms with van der Waals surface area (Å²) in [5, 5.41) is 9.70. The number of rotatable bonds is 5. The van der Waals surface area contributed by atoms with Crippen LogP contribution in [0.2, 0.25) is 0 Å².